The van der Waals surface area contributed by atoms with E-state index in [9.17, 15) is 0 Å². The zero-order valence-corrected chi connectivity index (χ0v) is 13.8. The van der Waals surface area contributed by atoms with Crippen LogP contribution in [0.1, 0.15) is 46.5 Å². The summed E-state index contributed by atoms with van der Waals surface area (Å²) in [5.74, 6) is 0. The quantitative estimate of drug-likeness (QED) is 0.400. The Balaban J connectivity index is 4.26. The van der Waals surface area contributed by atoms with Crippen LogP contribution in [0, 0.1) is 0 Å². The fourth-order valence-corrected chi connectivity index (χ4v) is 4.88. The predicted molar refractivity (Wildman–Crippen MR) is 80.9 cm³/mol. The van der Waals surface area contributed by atoms with E-state index in [0.29, 0.717) is 25.9 Å². The molecule has 0 spiro atoms. The van der Waals surface area contributed by atoms with Gasteiger partial charge in [-0.25, -0.2) is 0 Å². The van der Waals surface area contributed by atoms with Gasteiger partial charge in [0, 0.05) is 31.9 Å². The Kier molecular flexibility index (Phi) is 11.8. The largest absolute Gasteiger partial charge is 0.502 e. The molecule has 4 N–H and O–H groups in total. The van der Waals surface area contributed by atoms with Crippen molar-refractivity contribution in [3.63, 3.8) is 0 Å². The Morgan fingerprint density at radius 1 is 0.895 bits per heavy atom. The number of hydrogen-bond donors (Lipinski definition) is 2. The highest BCUT2D eigenvalue weighted by atomic mass is 28.4. The van der Waals surface area contributed by atoms with E-state index in [1.807, 2.05) is 20.8 Å². The van der Waals surface area contributed by atoms with Gasteiger partial charge in [0.15, 0.2) is 0 Å². The number of unbranched alkanes of at least 4 members (excludes halogenated alkanes) is 2. The molecule has 0 bridgehead atoms. The van der Waals surface area contributed by atoms with Crippen LogP contribution in [0.25, 0.3) is 0 Å². The lowest BCUT2D eigenvalue weighted by Gasteiger charge is -2.30. The van der Waals surface area contributed by atoms with Crippen molar-refractivity contribution in [3.8, 4) is 0 Å². The minimum absolute atomic E-state index is 0.0779. The van der Waals surface area contributed by atoms with Crippen molar-refractivity contribution < 1.29 is 13.3 Å². The van der Waals surface area contributed by atoms with Crippen molar-refractivity contribution in [3.05, 3.63) is 0 Å². The molecule has 0 fully saturated rings. The summed E-state index contributed by atoms with van der Waals surface area (Å²) in [4.78, 5) is 0. The molecule has 0 aliphatic carbocycles. The normalized spacial score (nSPS) is 13.7. The average molecular weight is 292 g/mol. The maximum absolute atomic E-state index is 6.20. The van der Waals surface area contributed by atoms with Gasteiger partial charge in [-0.3, -0.25) is 0 Å². The molecule has 0 amide bonds. The van der Waals surface area contributed by atoms with Gasteiger partial charge in [-0.15, -0.1) is 0 Å². The van der Waals surface area contributed by atoms with Crippen molar-refractivity contribution in [1.82, 2.24) is 0 Å². The van der Waals surface area contributed by atoms with E-state index in [1.54, 1.807) is 0 Å². The lowest BCUT2D eigenvalue weighted by Crippen LogP contribution is -2.50. The summed E-state index contributed by atoms with van der Waals surface area (Å²) in [5, 5.41) is 0. The minimum Gasteiger partial charge on any atom is -0.374 e. The Morgan fingerprint density at radius 3 is 1.84 bits per heavy atom. The second kappa shape index (κ2) is 11.8. The van der Waals surface area contributed by atoms with E-state index in [1.165, 1.54) is 0 Å². The van der Waals surface area contributed by atoms with Crippen LogP contribution in [0.2, 0.25) is 6.04 Å². The van der Waals surface area contributed by atoms with Gasteiger partial charge < -0.3 is 24.7 Å². The molecular weight excluding hydrogens is 260 g/mol. The van der Waals surface area contributed by atoms with E-state index in [2.05, 4.69) is 0 Å². The molecule has 0 saturated carbocycles. The van der Waals surface area contributed by atoms with E-state index in [4.69, 9.17) is 24.7 Å². The van der Waals surface area contributed by atoms with Crippen LogP contribution in [0.4, 0.5) is 0 Å². The fourth-order valence-electron chi connectivity index (χ4n) is 2.11. The monoisotopic (exact) mass is 292 g/mol. The summed E-state index contributed by atoms with van der Waals surface area (Å²) in [6.07, 6.45) is 4.28. The van der Waals surface area contributed by atoms with Gasteiger partial charge in [0.25, 0.3) is 0 Å². The Morgan fingerprint density at radius 2 is 1.42 bits per heavy atom. The van der Waals surface area contributed by atoms with Gasteiger partial charge in [0.1, 0.15) is 0 Å². The van der Waals surface area contributed by atoms with Crippen molar-refractivity contribution >= 4 is 8.80 Å². The summed E-state index contributed by atoms with van der Waals surface area (Å²) in [7, 11) is -2.58. The standard InChI is InChI=1S/C13H32N2O3Si/c1-4-16-19(17-5-2,18-6-3)12-13(15)10-8-7-9-11-14/h13H,4-12,14-15H2,1-3H3/t13-/m0/s1. The first-order valence-corrected chi connectivity index (χ1v) is 9.44. The molecule has 19 heavy (non-hydrogen) atoms. The Labute approximate surface area is 119 Å². The lowest BCUT2D eigenvalue weighted by molar-refractivity contribution is 0.0693. The molecular formula is C13H32N2O3Si. The third kappa shape index (κ3) is 8.72. The van der Waals surface area contributed by atoms with E-state index in [-0.39, 0.29) is 6.04 Å². The highest BCUT2D eigenvalue weighted by molar-refractivity contribution is 6.60. The van der Waals surface area contributed by atoms with Gasteiger partial charge in [0.2, 0.25) is 0 Å². The molecule has 0 aliphatic heterocycles. The van der Waals surface area contributed by atoms with E-state index in [0.717, 1.165) is 32.2 Å². The third-order valence-electron chi connectivity index (χ3n) is 2.88. The van der Waals surface area contributed by atoms with Gasteiger partial charge >= 0.3 is 8.80 Å². The lowest BCUT2D eigenvalue weighted by atomic mass is 10.1. The minimum atomic E-state index is -2.58. The predicted octanol–water partition coefficient (Wildman–Crippen LogP) is 1.88. The van der Waals surface area contributed by atoms with Gasteiger partial charge in [0.05, 0.1) is 0 Å². The van der Waals surface area contributed by atoms with Gasteiger partial charge in [-0.1, -0.05) is 12.8 Å². The molecule has 0 aromatic carbocycles. The maximum Gasteiger partial charge on any atom is 0.502 e. The van der Waals surface area contributed by atoms with Crippen LogP contribution < -0.4 is 11.5 Å². The molecule has 0 aromatic heterocycles. The SMILES string of the molecule is CCO[Si](C[C@@H](N)CCCCCN)(OCC)OCC. The number of rotatable bonds is 13. The molecule has 0 aliphatic rings. The van der Waals surface area contributed by atoms with Gasteiger partial charge in [-0.05, 0) is 40.2 Å². The van der Waals surface area contributed by atoms with Crippen molar-refractivity contribution in [1.29, 1.82) is 0 Å². The molecule has 0 rings (SSSR count). The Hall–Kier alpha value is 0.0169. The van der Waals surface area contributed by atoms with Crippen LogP contribution >= 0.6 is 0 Å². The highest BCUT2D eigenvalue weighted by Gasteiger charge is 2.41. The third-order valence-corrected chi connectivity index (χ3v) is 6.09. The van der Waals surface area contributed by atoms with Crippen molar-refractivity contribution in [2.75, 3.05) is 26.4 Å². The topological polar surface area (TPSA) is 79.7 Å². The molecule has 5 nitrogen and oxygen atoms in total. The summed E-state index contributed by atoms with van der Waals surface area (Å²) >= 11 is 0. The molecule has 0 radical (unpaired) electrons. The first-order valence-electron chi connectivity index (χ1n) is 7.51. The van der Waals surface area contributed by atoms with Crippen molar-refractivity contribution in [2.24, 2.45) is 11.5 Å². The van der Waals surface area contributed by atoms with Crippen LogP contribution in [0.5, 0.6) is 0 Å². The Bertz CT molecular complexity index is 191. The molecule has 6 heteroatoms. The van der Waals surface area contributed by atoms with Crippen LogP contribution in [-0.2, 0) is 13.3 Å². The zero-order chi connectivity index (χ0) is 14.6. The average Bonchev–Trinajstić information content (AvgIpc) is 2.35. The second-order valence-corrected chi connectivity index (χ2v) is 7.22. The summed E-state index contributed by atoms with van der Waals surface area (Å²) < 4.78 is 17.4. The first kappa shape index (κ1) is 19.0. The van der Waals surface area contributed by atoms with Crippen LogP contribution in [0.15, 0.2) is 0 Å². The zero-order valence-electron chi connectivity index (χ0n) is 12.8. The first-order chi connectivity index (χ1) is 9.14. The molecule has 0 heterocycles. The van der Waals surface area contributed by atoms with E-state index < -0.39 is 8.80 Å². The summed E-state index contributed by atoms with van der Waals surface area (Å²) in [6, 6.07) is 0.777. The molecule has 0 aromatic rings. The highest BCUT2D eigenvalue weighted by Crippen LogP contribution is 2.20. The second-order valence-electron chi connectivity index (χ2n) is 4.58. The number of hydrogen-bond acceptors (Lipinski definition) is 5. The van der Waals surface area contributed by atoms with Crippen LogP contribution in [0.3, 0.4) is 0 Å². The number of nitrogens with two attached hydrogens (primary N) is 2. The summed E-state index contributed by atoms with van der Waals surface area (Å²) in [5.41, 5.74) is 11.7. The molecule has 1 atom stereocenters. The maximum atomic E-state index is 6.20. The fraction of sp³-hybridized carbons (Fsp3) is 1.00. The van der Waals surface area contributed by atoms with Crippen LogP contribution in [-0.4, -0.2) is 41.2 Å². The molecule has 116 valence electrons. The summed E-state index contributed by atoms with van der Waals surface area (Å²) in [6.45, 7) is 8.46. The van der Waals surface area contributed by atoms with Gasteiger partial charge in [-0.2, -0.15) is 0 Å². The molecule has 0 saturated heterocycles. The van der Waals surface area contributed by atoms with Crippen molar-refractivity contribution in [2.45, 2.75) is 58.5 Å². The van der Waals surface area contributed by atoms with E-state index >= 15 is 0 Å². The smallest absolute Gasteiger partial charge is 0.374 e. The molecule has 0 unspecified atom stereocenters.